The fraction of sp³-hybridized carbons (Fsp3) is 0.0769. The van der Waals surface area contributed by atoms with Crippen LogP contribution in [0.1, 0.15) is 17.2 Å². The fourth-order valence-electron chi connectivity index (χ4n) is 1.61. The van der Waals surface area contributed by atoms with Crippen molar-refractivity contribution in [3.63, 3.8) is 0 Å². The molecule has 5 heteroatoms. The molecule has 0 spiro atoms. The van der Waals surface area contributed by atoms with Gasteiger partial charge in [0, 0.05) is 14.2 Å². The molecule has 0 aliphatic rings. The summed E-state index contributed by atoms with van der Waals surface area (Å²) < 4.78 is 27.2. The molecule has 1 nitrogen and oxygen atoms in total. The molecular weight excluding hydrogens is 372 g/mol. The average molecular weight is 381 g/mol. The first-order chi connectivity index (χ1) is 8.49. The van der Waals surface area contributed by atoms with Gasteiger partial charge in [-0.3, -0.25) is 0 Å². The van der Waals surface area contributed by atoms with E-state index in [1.165, 1.54) is 30.3 Å². The number of aliphatic hydroxyl groups excluding tert-OH is 1. The number of halogens is 4. The molecule has 0 heterocycles. The van der Waals surface area contributed by atoms with Crippen molar-refractivity contribution in [2.45, 2.75) is 6.10 Å². The van der Waals surface area contributed by atoms with Crippen LogP contribution >= 0.6 is 34.2 Å². The maximum atomic E-state index is 13.7. The van der Waals surface area contributed by atoms with E-state index in [0.717, 1.165) is 6.07 Å². The molecule has 0 saturated carbocycles. The highest BCUT2D eigenvalue weighted by Gasteiger charge is 2.17. The fourth-order valence-corrected chi connectivity index (χ4v) is 2.55. The van der Waals surface area contributed by atoms with E-state index >= 15 is 0 Å². The van der Waals surface area contributed by atoms with Crippen molar-refractivity contribution >= 4 is 34.2 Å². The Morgan fingerprint density at radius 3 is 2.33 bits per heavy atom. The Labute approximate surface area is 122 Å². The lowest BCUT2D eigenvalue weighted by Gasteiger charge is -2.14. The van der Waals surface area contributed by atoms with E-state index in [4.69, 9.17) is 11.6 Å². The number of hydrogen-bond donors (Lipinski definition) is 1. The normalized spacial score (nSPS) is 12.5. The van der Waals surface area contributed by atoms with E-state index in [1.54, 1.807) is 0 Å². The molecule has 0 radical (unpaired) electrons. The van der Waals surface area contributed by atoms with Gasteiger partial charge in [-0.15, -0.1) is 0 Å². The average Bonchev–Trinajstić information content (AvgIpc) is 2.28. The summed E-state index contributed by atoms with van der Waals surface area (Å²) in [6.45, 7) is 0. The van der Waals surface area contributed by atoms with Crippen LogP contribution in [0.2, 0.25) is 5.02 Å². The topological polar surface area (TPSA) is 20.2 Å². The number of aliphatic hydroxyl groups is 1. The number of hydrogen-bond acceptors (Lipinski definition) is 1. The minimum atomic E-state index is -1.14. The summed E-state index contributed by atoms with van der Waals surface area (Å²) in [5, 5.41) is 10.4. The van der Waals surface area contributed by atoms with Crippen LogP contribution < -0.4 is 0 Å². The first-order valence-corrected chi connectivity index (χ1v) is 6.52. The Hall–Kier alpha value is -0.720. The zero-order chi connectivity index (χ0) is 13.3. The van der Waals surface area contributed by atoms with Crippen LogP contribution in [0.25, 0.3) is 0 Å². The van der Waals surface area contributed by atoms with E-state index in [2.05, 4.69) is 0 Å². The van der Waals surface area contributed by atoms with Crippen LogP contribution in [0.5, 0.6) is 0 Å². The lowest BCUT2D eigenvalue weighted by atomic mass is 10.0. The van der Waals surface area contributed by atoms with Crippen LogP contribution in [0, 0.1) is 15.2 Å². The van der Waals surface area contributed by atoms with Crippen molar-refractivity contribution in [2.24, 2.45) is 0 Å². The lowest BCUT2D eigenvalue weighted by molar-refractivity contribution is 0.214. The smallest absolute Gasteiger partial charge is 0.130 e. The van der Waals surface area contributed by atoms with E-state index in [9.17, 15) is 13.9 Å². The van der Waals surface area contributed by atoms with Gasteiger partial charge in [0.25, 0.3) is 0 Å². The molecule has 0 amide bonds. The van der Waals surface area contributed by atoms with Crippen molar-refractivity contribution in [2.75, 3.05) is 0 Å². The molecule has 0 aliphatic carbocycles. The summed E-state index contributed by atoms with van der Waals surface area (Å²) in [6, 6.07) is 8.01. The molecule has 1 N–H and O–H groups in total. The highest BCUT2D eigenvalue weighted by molar-refractivity contribution is 14.1. The second-order valence-electron chi connectivity index (χ2n) is 3.73. The molecule has 1 unspecified atom stereocenters. The predicted molar refractivity (Wildman–Crippen MR) is 74.6 cm³/mol. The van der Waals surface area contributed by atoms with Crippen LogP contribution in [0.4, 0.5) is 8.78 Å². The number of benzene rings is 2. The minimum Gasteiger partial charge on any atom is -0.384 e. The molecule has 2 rings (SSSR count). The van der Waals surface area contributed by atoms with Gasteiger partial charge in [-0.25, -0.2) is 8.78 Å². The highest BCUT2D eigenvalue weighted by Crippen LogP contribution is 2.29. The third kappa shape index (κ3) is 2.81. The summed E-state index contributed by atoms with van der Waals surface area (Å²) in [7, 11) is 0. The Morgan fingerprint density at radius 2 is 1.72 bits per heavy atom. The molecule has 2 aromatic carbocycles. The first kappa shape index (κ1) is 13.7. The molecule has 94 valence electrons. The van der Waals surface area contributed by atoms with Gasteiger partial charge in [0.15, 0.2) is 0 Å². The Kier molecular flexibility index (Phi) is 4.19. The van der Waals surface area contributed by atoms with Crippen LogP contribution in [-0.4, -0.2) is 5.11 Å². The van der Waals surface area contributed by atoms with Gasteiger partial charge < -0.3 is 5.11 Å². The van der Waals surface area contributed by atoms with Crippen LogP contribution in [-0.2, 0) is 0 Å². The number of rotatable bonds is 2. The third-order valence-corrected chi connectivity index (χ3v) is 3.68. The van der Waals surface area contributed by atoms with Crippen molar-refractivity contribution in [1.82, 2.24) is 0 Å². The molecule has 0 aliphatic heterocycles. The predicted octanol–water partition coefficient (Wildman–Crippen LogP) is 4.30. The first-order valence-electron chi connectivity index (χ1n) is 5.07. The zero-order valence-corrected chi connectivity index (χ0v) is 11.9. The molecule has 1 atom stereocenters. The molecule has 0 saturated heterocycles. The van der Waals surface area contributed by atoms with Gasteiger partial charge >= 0.3 is 0 Å². The van der Waals surface area contributed by atoms with Gasteiger partial charge in [-0.1, -0.05) is 23.7 Å². The summed E-state index contributed by atoms with van der Waals surface area (Å²) >= 11 is 7.54. The largest absolute Gasteiger partial charge is 0.384 e. The maximum Gasteiger partial charge on any atom is 0.130 e. The molecule has 18 heavy (non-hydrogen) atoms. The summed E-state index contributed by atoms with van der Waals surface area (Å²) in [5.74, 6) is -0.984. The van der Waals surface area contributed by atoms with E-state index in [0.29, 0.717) is 9.13 Å². The van der Waals surface area contributed by atoms with Gasteiger partial charge in [0.1, 0.15) is 17.7 Å². The standard InChI is InChI=1S/C13H8ClF2IO/c14-7-1-3-9(11(16)5-7)13(18)10-4-2-8(15)6-12(10)17/h1-6,13,18H. The molecule has 0 fully saturated rings. The monoisotopic (exact) mass is 380 g/mol. The minimum absolute atomic E-state index is 0.115. The van der Waals surface area contributed by atoms with E-state index in [-0.39, 0.29) is 10.6 Å². The van der Waals surface area contributed by atoms with Crippen molar-refractivity contribution < 1.29 is 13.9 Å². The van der Waals surface area contributed by atoms with Gasteiger partial charge in [-0.2, -0.15) is 0 Å². The van der Waals surface area contributed by atoms with E-state index in [1.807, 2.05) is 22.6 Å². The lowest BCUT2D eigenvalue weighted by Crippen LogP contribution is -2.04. The van der Waals surface area contributed by atoms with Crippen LogP contribution in [0.15, 0.2) is 36.4 Å². The quantitative estimate of drug-likeness (QED) is 0.770. The van der Waals surface area contributed by atoms with Gasteiger partial charge in [-0.05, 0) is 52.4 Å². The summed E-state index contributed by atoms with van der Waals surface area (Å²) in [6.07, 6.45) is -1.14. The summed E-state index contributed by atoms with van der Waals surface area (Å²) in [5.41, 5.74) is 0.571. The second kappa shape index (κ2) is 5.50. The molecule has 2 aromatic rings. The van der Waals surface area contributed by atoms with E-state index < -0.39 is 17.7 Å². The molecule has 0 aromatic heterocycles. The Bertz CT molecular complexity index is 538. The Balaban J connectivity index is 2.44. The van der Waals surface area contributed by atoms with Gasteiger partial charge in [0.05, 0.1) is 0 Å². The third-order valence-electron chi connectivity index (χ3n) is 2.51. The van der Waals surface area contributed by atoms with Crippen molar-refractivity contribution in [3.05, 3.63) is 67.8 Å². The molecule has 0 bridgehead atoms. The van der Waals surface area contributed by atoms with Gasteiger partial charge in [0.2, 0.25) is 0 Å². The maximum absolute atomic E-state index is 13.7. The van der Waals surface area contributed by atoms with Crippen molar-refractivity contribution in [3.8, 4) is 0 Å². The SMILES string of the molecule is OC(c1ccc(Cl)cc1F)c1ccc(F)cc1I. The summed E-state index contributed by atoms with van der Waals surface area (Å²) in [4.78, 5) is 0. The van der Waals surface area contributed by atoms with Crippen molar-refractivity contribution in [1.29, 1.82) is 0 Å². The highest BCUT2D eigenvalue weighted by atomic mass is 127. The zero-order valence-electron chi connectivity index (χ0n) is 9.00. The molecular formula is C13H8ClF2IO. The second-order valence-corrected chi connectivity index (χ2v) is 5.33. The van der Waals surface area contributed by atoms with Crippen LogP contribution in [0.3, 0.4) is 0 Å². The Morgan fingerprint density at radius 1 is 1.06 bits per heavy atom.